The molecule has 24 heavy (non-hydrogen) atoms. The van der Waals surface area contributed by atoms with Crippen LogP contribution < -0.4 is 25.8 Å². The summed E-state index contributed by atoms with van der Waals surface area (Å²) in [6.45, 7) is 1.48. The van der Waals surface area contributed by atoms with E-state index >= 15 is 0 Å². The Morgan fingerprint density at radius 1 is 1.17 bits per heavy atom. The second-order valence-corrected chi connectivity index (χ2v) is 4.73. The smallest absolute Gasteiger partial charge is 0.312 e. The third-order valence-corrected chi connectivity index (χ3v) is 2.96. The zero-order chi connectivity index (χ0) is 18.1. The van der Waals surface area contributed by atoms with E-state index in [4.69, 9.17) is 19.9 Å². The van der Waals surface area contributed by atoms with Crippen molar-refractivity contribution >= 4 is 23.6 Å². The molecule has 0 heterocycles. The van der Waals surface area contributed by atoms with Crippen LogP contribution in [-0.2, 0) is 14.3 Å². The summed E-state index contributed by atoms with van der Waals surface area (Å²) >= 11 is 0. The lowest BCUT2D eigenvalue weighted by Crippen LogP contribution is -2.33. The molecule has 1 atom stereocenters. The average molecular weight is 339 g/mol. The van der Waals surface area contributed by atoms with Crippen molar-refractivity contribution in [1.29, 1.82) is 0 Å². The largest absolute Gasteiger partial charge is 0.493 e. The monoisotopic (exact) mass is 339 g/mol. The van der Waals surface area contributed by atoms with Gasteiger partial charge in [0.15, 0.2) is 17.6 Å². The SMILES string of the molecule is COc1ccc(NC(=O)[C@@H](C)OC(=O)CCNC(N)=O)cc1OC. The van der Waals surface area contributed by atoms with E-state index in [9.17, 15) is 14.4 Å². The number of hydrogen-bond acceptors (Lipinski definition) is 6. The molecule has 0 aromatic heterocycles. The van der Waals surface area contributed by atoms with Crippen molar-refractivity contribution in [2.45, 2.75) is 19.4 Å². The summed E-state index contributed by atoms with van der Waals surface area (Å²) in [6, 6.07) is 4.12. The lowest BCUT2D eigenvalue weighted by molar-refractivity contribution is -0.153. The molecule has 0 bridgehead atoms. The number of primary amides is 1. The Balaban J connectivity index is 2.54. The van der Waals surface area contributed by atoms with Crippen LogP contribution in [0.2, 0.25) is 0 Å². The summed E-state index contributed by atoms with van der Waals surface area (Å²) in [5, 5.41) is 4.86. The number of ether oxygens (including phenoxy) is 3. The van der Waals surface area contributed by atoms with E-state index in [1.165, 1.54) is 21.1 Å². The van der Waals surface area contributed by atoms with Crippen molar-refractivity contribution < 1.29 is 28.6 Å². The van der Waals surface area contributed by atoms with Crippen molar-refractivity contribution in [3.63, 3.8) is 0 Å². The van der Waals surface area contributed by atoms with E-state index < -0.39 is 24.0 Å². The van der Waals surface area contributed by atoms with Crippen LogP contribution in [0, 0.1) is 0 Å². The Labute approximate surface area is 139 Å². The molecule has 0 saturated carbocycles. The minimum atomic E-state index is -1.00. The van der Waals surface area contributed by atoms with Crippen LogP contribution in [0.3, 0.4) is 0 Å². The minimum Gasteiger partial charge on any atom is -0.493 e. The maximum Gasteiger partial charge on any atom is 0.312 e. The quantitative estimate of drug-likeness (QED) is 0.596. The summed E-state index contributed by atoms with van der Waals surface area (Å²) in [5.74, 6) is -0.147. The van der Waals surface area contributed by atoms with Crippen molar-refractivity contribution in [2.24, 2.45) is 5.73 Å². The molecule has 0 aliphatic heterocycles. The van der Waals surface area contributed by atoms with Gasteiger partial charge in [-0.3, -0.25) is 9.59 Å². The second-order valence-electron chi connectivity index (χ2n) is 4.73. The summed E-state index contributed by atoms with van der Waals surface area (Å²) in [4.78, 5) is 34.1. The standard InChI is InChI=1S/C15H21N3O6/c1-9(24-13(19)6-7-17-15(16)21)14(20)18-10-4-5-11(22-2)12(8-10)23-3/h4-5,8-9H,6-7H2,1-3H3,(H,18,20)(H3,16,17,21)/t9-/m1/s1. The first-order valence-electron chi connectivity index (χ1n) is 7.13. The van der Waals surface area contributed by atoms with Crippen molar-refractivity contribution in [1.82, 2.24) is 5.32 Å². The number of benzene rings is 1. The van der Waals surface area contributed by atoms with Gasteiger partial charge < -0.3 is 30.6 Å². The number of nitrogens with one attached hydrogen (secondary N) is 2. The molecule has 132 valence electrons. The van der Waals surface area contributed by atoms with Gasteiger partial charge in [-0.1, -0.05) is 0 Å². The number of nitrogens with two attached hydrogens (primary N) is 1. The van der Waals surface area contributed by atoms with Crippen LogP contribution in [0.4, 0.5) is 10.5 Å². The lowest BCUT2D eigenvalue weighted by atomic mass is 10.2. The number of carbonyl (C=O) groups is 3. The molecule has 1 rings (SSSR count). The molecule has 0 saturated heterocycles. The van der Waals surface area contributed by atoms with Gasteiger partial charge in [0, 0.05) is 18.3 Å². The number of hydrogen-bond donors (Lipinski definition) is 3. The zero-order valence-electron chi connectivity index (χ0n) is 13.8. The van der Waals surface area contributed by atoms with Gasteiger partial charge >= 0.3 is 12.0 Å². The number of carbonyl (C=O) groups excluding carboxylic acids is 3. The molecule has 4 N–H and O–H groups in total. The predicted octanol–water partition coefficient (Wildman–Crippen LogP) is 0.632. The minimum absolute atomic E-state index is 0.0399. The molecule has 0 aliphatic rings. The first kappa shape index (κ1) is 19.1. The molecule has 0 unspecified atom stereocenters. The Bertz CT molecular complexity index is 605. The maximum atomic E-state index is 12.0. The van der Waals surface area contributed by atoms with Gasteiger partial charge in [0.25, 0.3) is 5.91 Å². The lowest BCUT2D eigenvalue weighted by Gasteiger charge is -2.15. The molecule has 1 aromatic carbocycles. The topological polar surface area (TPSA) is 129 Å². The van der Waals surface area contributed by atoms with E-state index in [2.05, 4.69) is 10.6 Å². The number of urea groups is 1. The van der Waals surface area contributed by atoms with Crippen LogP contribution in [0.15, 0.2) is 18.2 Å². The van der Waals surface area contributed by atoms with E-state index in [1.807, 2.05) is 0 Å². The molecule has 0 radical (unpaired) electrons. The van der Waals surface area contributed by atoms with Crippen LogP contribution in [0.25, 0.3) is 0 Å². The van der Waals surface area contributed by atoms with Gasteiger partial charge in [0.2, 0.25) is 0 Å². The Morgan fingerprint density at radius 3 is 2.42 bits per heavy atom. The first-order chi connectivity index (χ1) is 11.4. The van der Waals surface area contributed by atoms with Gasteiger partial charge in [0.1, 0.15) is 0 Å². The summed E-state index contributed by atoms with van der Waals surface area (Å²) in [7, 11) is 2.98. The normalized spacial score (nSPS) is 11.1. The van der Waals surface area contributed by atoms with E-state index in [0.717, 1.165) is 0 Å². The van der Waals surface area contributed by atoms with Crippen LogP contribution in [0.5, 0.6) is 11.5 Å². The van der Waals surface area contributed by atoms with Crippen LogP contribution in [-0.4, -0.2) is 44.8 Å². The third kappa shape index (κ3) is 6.03. The van der Waals surface area contributed by atoms with E-state index in [0.29, 0.717) is 17.2 Å². The zero-order valence-corrected chi connectivity index (χ0v) is 13.8. The summed E-state index contributed by atoms with van der Waals surface area (Å²) in [6.07, 6.45) is -1.09. The van der Waals surface area contributed by atoms with E-state index in [-0.39, 0.29) is 13.0 Å². The Kier molecular flexibility index (Phi) is 7.34. The molecule has 0 aliphatic carbocycles. The van der Waals surface area contributed by atoms with E-state index in [1.54, 1.807) is 18.2 Å². The molecule has 0 spiro atoms. The third-order valence-electron chi connectivity index (χ3n) is 2.96. The molecule has 1 aromatic rings. The predicted molar refractivity (Wildman–Crippen MR) is 85.9 cm³/mol. The highest BCUT2D eigenvalue weighted by Crippen LogP contribution is 2.29. The summed E-state index contributed by atoms with van der Waals surface area (Å²) in [5.41, 5.74) is 5.34. The maximum absolute atomic E-state index is 12.0. The van der Waals surface area contributed by atoms with Crippen LogP contribution >= 0.6 is 0 Å². The number of rotatable bonds is 8. The molecular formula is C15H21N3O6. The highest BCUT2D eigenvalue weighted by molar-refractivity contribution is 5.95. The van der Waals surface area contributed by atoms with Crippen LogP contribution in [0.1, 0.15) is 13.3 Å². The number of esters is 1. The molecule has 3 amide bonds. The van der Waals surface area contributed by atoms with Crippen molar-refractivity contribution in [3.05, 3.63) is 18.2 Å². The van der Waals surface area contributed by atoms with Gasteiger partial charge in [0.05, 0.1) is 20.6 Å². The van der Waals surface area contributed by atoms with Gasteiger partial charge in [-0.25, -0.2) is 4.79 Å². The number of anilines is 1. The number of methoxy groups -OCH3 is 2. The Morgan fingerprint density at radius 2 is 1.83 bits per heavy atom. The second kappa shape index (κ2) is 9.23. The Hall–Kier alpha value is -2.97. The van der Waals surface area contributed by atoms with Crippen molar-refractivity contribution in [2.75, 3.05) is 26.1 Å². The molecule has 9 heteroatoms. The van der Waals surface area contributed by atoms with Gasteiger partial charge in [-0.15, -0.1) is 0 Å². The summed E-state index contributed by atoms with van der Waals surface area (Å²) < 4.78 is 15.2. The molecule has 9 nitrogen and oxygen atoms in total. The number of amides is 3. The highest BCUT2D eigenvalue weighted by atomic mass is 16.5. The first-order valence-corrected chi connectivity index (χ1v) is 7.13. The highest BCUT2D eigenvalue weighted by Gasteiger charge is 2.18. The van der Waals surface area contributed by atoms with Gasteiger partial charge in [-0.05, 0) is 19.1 Å². The fourth-order valence-electron chi connectivity index (χ4n) is 1.76. The van der Waals surface area contributed by atoms with Crippen molar-refractivity contribution in [3.8, 4) is 11.5 Å². The fraction of sp³-hybridized carbons (Fsp3) is 0.400. The molecular weight excluding hydrogens is 318 g/mol. The fourth-order valence-corrected chi connectivity index (χ4v) is 1.76. The average Bonchev–Trinajstić information content (AvgIpc) is 2.54. The molecule has 0 fully saturated rings. The van der Waals surface area contributed by atoms with Gasteiger partial charge in [-0.2, -0.15) is 0 Å².